The van der Waals surface area contributed by atoms with Gasteiger partial charge < -0.3 is 10.1 Å². The second-order valence-electron chi connectivity index (χ2n) is 5.74. The van der Waals surface area contributed by atoms with Crippen LogP contribution >= 0.6 is 0 Å². The van der Waals surface area contributed by atoms with E-state index in [2.05, 4.69) is 38.2 Å². The molecule has 2 aromatic carbocycles. The lowest BCUT2D eigenvalue weighted by atomic mass is 9.97. The fourth-order valence-electron chi connectivity index (χ4n) is 2.82. The number of esters is 1. The van der Waals surface area contributed by atoms with Crippen molar-refractivity contribution in [2.75, 3.05) is 5.32 Å². The second-order valence-corrected chi connectivity index (χ2v) is 5.74. The van der Waals surface area contributed by atoms with Gasteiger partial charge in [-0.1, -0.05) is 38.1 Å². The molecule has 1 atom stereocenters. The van der Waals surface area contributed by atoms with Crippen molar-refractivity contribution in [2.45, 2.75) is 32.9 Å². The van der Waals surface area contributed by atoms with E-state index in [1.165, 1.54) is 11.1 Å². The number of hydrogen-bond donors (Lipinski definition) is 1. The van der Waals surface area contributed by atoms with E-state index in [1.54, 1.807) is 6.07 Å². The lowest BCUT2D eigenvalue weighted by Crippen LogP contribution is -2.10. The molecule has 1 heterocycles. The van der Waals surface area contributed by atoms with Gasteiger partial charge in [-0.2, -0.15) is 0 Å². The third kappa shape index (κ3) is 2.51. The Kier molecular flexibility index (Phi) is 3.42. The SMILES string of the molecule is Cc1cc(NC2OC(=O)c3ccccc32)ccc1C(C)C. The van der Waals surface area contributed by atoms with Crippen molar-refractivity contribution >= 4 is 11.7 Å². The maximum Gasteiger partial charge on any atom is 0.340 e. The van der Waals surface area contributed by atoms with Gasteiger partial charge in [-0.25, -0.2) is 4.79 Å². The van der Waals surface area contributed by atoms with Crippen LogP contribution in [-0.4, -0.2) is 5.97 Å². The summed E-state index contributed by atoms with van der Waals surface area (Å²) in [7, 11) is 0. The molecule has 1 aliphatic heterocycles. The molecule has 0 fully saturated rings. The number of nitrogens with one attached hydrogen (secondary N) is 1. The number of carbonyl (C=O) groups excluding carboxylic acids is 1. The first-order chi connectivity index (χ1) is 10.1. The number of hydrogen-bond acceptors (Lipinski definition) is 3. The molecule has 21 heavy (non-hydrogen) atoms. The minimum Gasteiger partial charge on any atom is -0.434 e. The molecule has 0 radical (unpaired) electrons. The molecular formula is C18H19NO2. The summed E-state index contributed by atoms with van der Waals surface area (Å²) in [5.74, 6) is 0.239. The summed E-state index contributed by atoms with van der Waals surface area (Å²) >= 11 is 0. The molecule has 108 valence electrons. The number of rotatable bonds is 3. The Bertz CT molecular complexity index is 691. The molecule has 1 aliphatic rings. The van der Waals surface area contributed by atoms with Gasteiger partial charge in [0.2, 0.25) is 6.23 Å². The monoisotopic (exact) mass is 281 g/mol. The zero-order valence-electron chi connectivity index (χ0n) is 12.5. The molecule has 0 saturated carbocycles. The number of ether oxygens (including phenoxy) is 1. The highest BCUT2D eigenvalue weighted by Gasteiger charge is 2.30. The Morgan fingerprint density at radius 3 is 2.62 bits per heavy atom. The van der Waals surface area contributed by atoms with Crippen LogP contribution in [0.1, 0.15) is 53.0 Å². The fourth-order valence-corrected chi connectivity index (χ4v) is 2.82. The van der Waals surface area contributed by atoms with Gasteiger partial charge in [0.05, 0.1) is 5.56 Å². The number of fused-ring (bicyclic) bond motifs is 1. The Morgan fingerprint density at radius 1 is 1.14 bits per heavy atom. The van der Waals surface area contributed by atoms with Gasteiger partial charge in [0.15, 0.2) is 0 Å². The van der Waals surface area contributed by atoms with E-state index in [-0.39, 0.29) is 5.97 Å². The first-order valence-electron chi connectivity index (χ1n) is 7.23. The molecule has 0 bridgehead atoms. The summed E-state index contributed by atoms with van der Waals surface area (Å²) in [6, 6.07) is 13.8. The van der Waals surface area contributed by atoms with Gasteiger partial charge in [0, 0.05) is 11.3 Å². The molecule has 3 heteroatoms. The van der Waals surface area contributed by atoms with Crippen LogP contribution in [0.2, 0.25) is 0 Å². The van der Waals surface area contributed by atoms with Crippen LogP contribution in [0.5, 0.6) is 0 Å². The van der Waals surface area contributed by atoms with Crippen LogP contribution in [-0.2, 0) is 4.74 Å². The number of carbonyl (C=O) groups is 1. The van der Waals surface area contributed by atoms with Crippen molar-refractivity contribution in [3.8, 4) is 0 Å². The fraction of sp³-hybridized carbons (Fsp3) is 0.278. The quantitative estimate of drug-likeness (QED) is 0.847. The maximum absolute atomic E-state index is 11.8. The minimum atomic E-state index is -0.405. The summed E-state index contributed by atoms with van der Waals surface area (Å²) in [5, 5.41) is 3.29. The van der Waals surface area contributed by atoms with E-state index >= 15 is 0 Å². The summed E-state index contributed by atoms with van der Waals surface area (Å²) in [6.45, 7) is 6.48. The molecule has 2 aromatic rings. The van der Waals surface area contributed by atoms with E-state index in [9.17, 15) is 4.79 Å². The first-order valence-corrected chi connectivity index (χ1v) is 7.23. The second kappa shape index (κ2) is 5.24. The van der Waals surface area contributed by atoms with E-state index in [4.69, 9.17) is 4.74 Å². The van der Waals surface area contributed by atoms with Crippen LogP contribution < -0.4 is 5.32 Å². The Balaban J connectivity index is 1.85. The molecule has 1 unspecified atom stereocenters. The first kappa shape index (κ1) is 13.7. The van der Waals surface area contributed by atoms with Crippen LogP contribution in [0, 0.1) is 6.92 Å². The lowest BCUT2D eigenvalue weighted by molar-refractivity contribution is 0.0437. The number of benzene rings is 2. The van der Waals surface area contributed by atoms with Gasteiger partial charge in [0.25, 0.3) is 0 Å². The number of cyclic esters (lactones) is 1. The predicted molar refractivity (Wildman–Crippen MR) is 83.5 cm³/mol. The van der Waals surface area contributed by atoms with Crippen LogP contribution in [0.4, 0.5) is 5.69 Å². The number of anilines is 1. The van der Waals surface area contributed by atoms with Gasteiger partial charge in [-0.3, -0.25) is 0 Å². The summed E-state index contributed by atoms with van der Waals surface area (Å²) in [4.78, 5) is 11.8. The van der Waals surface area contributed by atoms with Crippen LogP contribution in [0.15, 0.2) is 42.5 Å². The minimum absolute atomic E-state index is 0.265. The normalized spacial score (nSPS) is 16.8. The van der Waals surface area contributed by atoms with E-state index in [0.717, 1.165) is 11.3 Å². The zero-order chi connectivity index (χ0) is 15.0. The van der Waals surface area contributed by atoms with E-state index < -0.39 is 6.23 Å². The van der Waals surface area contributed by atoms with Crippen molar-refractivity contribution < 1.29 is 9.53 Å². The molecule has 0 spiro atoms. The summed E-state index contributed by atoms with van der Waals surface area (Å²) in [6.07, 6.45) is -0.405. The van der Waals surface area contributed by atoms with Crippen molar-refractivity contribution in [1.29, 1.82) is 0 Å². The average Bonchev–Trinajstić information content (AvgIpc) is 2.76. The van der Waals surface area contributed by atoms with Crippen molar-refractivity contribution in [3.63, 3.8) is 0 Å². The largest absolute Gasteiger partial charge is 0.434 e. The number of aryl methyl sites for hydroxylation is 1. The summed E-state index contributed by atoms with van der Waals surface area (Å²) < 4.78 is 5.40. The molecule has 0 aromatic heterocycles. The van der Waals surface area contributed by atoms with Crippen molar-refractivity contribution in [1.82, 2.24) is 0 Å². The Hall–Kier alpha value is -2.29. The van der Waals surface area contributed by atoms with Crippen molar-refractivity contribution in [2.24, 2.45) is 0 Å². The molecule has 0 amide bonds. The van der Waals surface area contributed by atoms with Crippen LogP contribution in [0.3, 0.4) is 0 Å². The smallest absolute Gasteiger partial charge is 0.340 e. The van der Waals surface area contributed by atoms with Crippen molar-refractivity contribution in [3.05, 3.63) is 64.7 Å². The highest BCUT2D eigenvalue weighted by Crippen LogP contribution is 2.32. The predicted octanol–water partition coefficient (Wildman–Crippen LogP) is 4.40. The Morgan fingerprint density at radius 2 is 1.90 bits per heavy atom. The maximum atomic E-state index is 11.8. The third-order valence-electron chi connectivity index (χ3n) is 3.88. The standard InChI is InChI=1S/C18H19NO2/c1-11(2)14-9-8-13(10-12(14)3)19-17-15-6-4-5-7-16(15)18(20)21-17/h4-11,17,19H,1-3H3. The third-order valence-corrected chi connectivity index (χ3v) is 3.88. The highest BCUT2D eigenvalue weighted by atomic mass is 16.6. The summed E-state index contributed by atoms with van der Waals surface area (Å²) in [5.41, 5.74) is 5.09. The van der Waals surface area contributed by atoms with Crippen LogP contribution in [0.25, 0.3) is 0 Å². The molecule has 0 aliphatic carbocycles. The molecular weight excluding hydrogens is 262 g/mol. The van der Waals surface area contributed by atoms with E-state index in [0.29, 0.717) is 11.5 Å². The van der Waals surface area contributed by atoms with Gasteiger partial charge in [-0.15, -0.1) is 0 Å². The van der Waals surface area contributed by atoms with Gasteiger partial charge in [0.1, 0.15) is 0 Å². The molecule has 3 nitrogen and oxygen atoms in total. The average molecular weight is 281 g/mol. The zero-order valence-corrected chi connectivity index (χ0v) is 12.5. The lowest BCUT2D eigenvalue weighted by Gasteiger charge is -2.17. The van der Waals surface area contributed by atoms with Gasteiger partial charge in [-0.05, 0) is 42.2 Å². The molecule has 1 N–H and O–H groups in total. The molecule has 3 rings (SSSR count). The van der Waals surface area contributed by atoms with E-state index in [1.807, 2.05) is 24.3 Å². The Labute approximate surface area is 124 Å². The highest BCUT2D eigenvalue weighted by molar-refractivity contribution is 5.94. The van der Waals surface area contributed by atoms with Gasteiger partial charge >= 0.3 is 5.97 Å². The topological polar surface area (TPSA) is 38.3 Å². The molecule has 0 saturated heterocycles.